The molecule has 0 heterocycles. The number of nitrogens with zero attached hydrogens (tertiary/aromatic N) is 2. The van der Waals surface area contributed by atoms with Crippen molar-refractivity contribution in [3.8, 4) is 5.75 Å². The lowest BCUT2D eigenvalue weighted by Gasteiger charge is -2.21. The molecule has 0 bridgehead atoms. The predicted octanol–water partition coefficient (Wildman–Crippen LogP) is 7.79. The Morgan fingerprint density at radius 3 is 2.14 bits per heavy atom. The number of carboxylic acid groups (broad SMARTS) is 1. The van der Waals surface area contributed by atoms with E-state index in [4.69, 9.17) is 30.5 Å². The molecule has 3 aromatic carbocycles. The van der Waals surface area contributed by atoms with Crippen LogP contribution in [0.3, 0.4) is 0 Å². The molecule has 0 aliphatic rings. The standard InChI is InChI=1S/C41H49ClN4O11/c1-8-9-21-54-35(50)29-12-10-11-26(22-29)24-46(25-34(48)49)33(47)20-16-27-15-19-31(23-32(27)42)55-36(51)28-13-17-30(18-14-28)43-37(44-38(52)56-40(2,3)4)45-39(53)57-41(5,6)7/h10-15,17-19,22-23H,8-9,16,20-21,24-25H2,1-7H3,(H,48,49)(H2,43,44,45,52,53). The molecule has 0 saturated carbocycles. The molecule has 16 heteroatoms. The fourth-order valence-corrected chi connectivity index (χ4v) is 5.12. The van der Waals surface area contributed by atoms with Gasteiger partial charge in [0, 0.05) is 23.7 Å². The highest BCUT2D eigenvalue weighted by Gasteiger charge is 2.22. The smallest absolute Gasteiger partial charge is 0.437 e. The topological polar surface area (TPSA) is 199 Å². The van der Waals surface area contributed by atoms with Gasteiger partial charge in [-0.25, -0.2) is 19.2 Å². The number of aryl methyl sites for hydroxylation is 1. The third-order valence-electron chi connectivity index (χ3n) is 7.39. The highest BCUT2D eigenvalue weighted by molar-refractivity contribution is 6.31. The quantitative estimate of drug-likeness (QED) is 0.0357. The molecule has 0 aromatic heterocycles. The number of guanidine groups is 1. The van der Waals surface area contributed by atoms with Gasteiger partial charge in [-0.1, -0.05) is 43.1 Å². The Morgan fingerprint density at radius 1 is 0.842 bits per heavy atom. The van der Waals surface area contributed by atoms with Crippen LogP contribution in [0.4, 0.5) is 15.3 Å². The van der Waals surface area contributed by atoms with Gasteiger partial charge >= 0.3 is 30.1 Å². The summed E-state index contributed by atoms with van der Waals surface area (Å²) in [7, 11) is 0. The van der Waals surface area contributed by atoms with Gasteiger partial charge in [0.1, 0.15) is 23.5 Å². The molecule has 0 atom stereocenters. The van der Waals surface area contributed by atoms with Crippen molar-refractivity contribution in [2.24, 2.45) is 4.99 Å². The van der Waals surface area contributed by atoms with E-state index in [1.54, 1.807) is 71.9 Å². The Labute approximate surface area is 336 Å². The van der Waals surface area contributed by atoms with Crippen molar-refractivity contribution in [2.45, 2.75) is 91.9 Å². The summed E-state index contributed by atoms with van der Waals surface area (Å²) in [5, 5.41) is 14.9. The van der Waals surface area contributed by atoms with E-state index in [0.717, 1.165) is 12.8 Å². The lowest BCUT2D eigenvalue weighted by molar-refractivity contribution is -0.144. The maximum absolute atomic E-state index is 13.2. The summed E-state index contributed by atoms with van der Waals surface area (Å²) in [5.74, 6) is -2.98. The number of unbranched alkanes of at least 4 members (excludes halogenated alkanes) is 1. The maximum atomic E-state index is 13.2. The molecular weight excluding hydrogens is 760 g/mol. The molecule has 3 aromatic rings. The molecule has 0 radical (unpaired) electrons. The van der Waals surface area contributed by atoms with Crippen molar-refractivity contribution in [1.82, 2.24) is 10.2 Å². The van der Waals surface area contributed by atoms with Crippen LogP contribution in [0.15, 0.2) is 71.7 Å². The zero-order chi connectivity index (χ0) is 42.3. The molecule has 3 N–H and O–H groups in total. The highest BCUT2D eigenvalue weighted by atomic mass is 35.5. The van der Waals surface area contributed by atoms with Gasteiger partial charge in [-0.2, -0.15) is 0 Å². The van der Waals surface area contributed by atoms with Crippen molar-refractivity contribution < 1.29 is 52.8 Å². The van der Waals surface area contributed by atoms with Crippen LogP contribution < -0.4 is 15.4 Å². The first-order chi connectivity index (χ1) is 26.7. The second-order valence-electron chi connectivity index (χ2n) is 14.7. The van der Waals surface area contributed by atoms with Crippen LogP contribution in [0.5, 0.6) is 5.75 Å². The number of carboxylic acids is 1. The summed E-state index contributed by atoms with van der Waals surface area (Å²) in [4.78, 5) is 80.0. The average Bonchev–Trinajstić information content (AvgIpc) is 3.09. The van der Waals surface area contributed by atoms with Crippen molar-refractivity contribution >= 4 is 59.2 Å². The van der Waals surface area contributed by atoms with E-state index in [0.29, 0.717) is 22.4 Å². The van der Waals surface area contributed by atoms with Crippen molar-refractivity contribution in [2.75, 3.05) is 18.5 Å². The number of carbonyl (C=O) groups is 6. The molecule has 0 spiro atoms. The van der Waals surface area contributed by atoms with E-state index in [9.17, 15) is 33.9 Å². The number of amides is 3. The average molecular weight is 809 g/mol. The number of carbonyl (C=O) groups excluding carboxylic acids is 5. The summed E-state index contributed by atoms with van der Waals surface area (Å²) in [6, 6.07) is 16.9. The van der Waals surface area contributed by atoms with Crippen LogP contribution >= 0.6 is 11.6 Å². The number of anilines is 1. The van der Waals surface area contributed by atoms with Crippen molar-refractivity contribution in [3.63, 3.8) is 0 Å². The Morgan fingerprint density at radius 2 is 1.53 bits per heavy atom. The lowest BCUT2D eigenvalue weighted by Crippen LogP contribution is -2.40. The van der Waals surface area contributed by atoms with E-state index in [1.807, 2.05) is 6.92 Å². The molecule has 3 rings (SSSR count). The predicted molar refractivity (Wildman–Crippen MR) is 213 cm³/mol. The first kappa shape index (κ1) is 45.4. The maximum Gasteiger partial charge on any atom is 0.437 e. The summed E-state index contributed by atoms with van der Waals surface area (Å²) in [6.07, 6.45) is -0.119. The monoisotopic (exact) mass is 808 g/mol. The molecule has 306 valence electrons. The summed E-state index contributed by atoms with van der Waals surface area (Å²) < 4.78 is 21.2. The minimum Gasteiger partial charge on any atom is -0.480 e. The van der Waals surface area contributed by atoms with Crippen molar-refractivity contribution in [1.29, 1.82) is 0 Å². The number of aliphatic imine (C=N–C) groups is 1. The lowest BCUT2D eigenvalue weighted by atomic mass is 10.1. The normalized spacial score (nSPS) is 11.5. The third kappa shape index (κ3) is 16.7. The van der Waals surface area contributed by atoms with E-state index in [-0.39, 0.29) is 48.3 Å². The van der Waals surface area contributed by atoms with Gasteiger partial charge in [0.25, 0.3) is 0 Å². The van der Waals surface area contributed by atoms with Gasteiger partial charge < -0.3 is 34.3 Å². The summed E-state index contributed by atoms with van der Waals surface area (Å²) >= 11 is 6.49. The van der Waals surface area contributed by atoms with Gasteiger partial charge in [-0.05, 0) is 114 Å². The van der Waals surface area contributed by atoms with Crippen LogP contribution in [0, 0.1) is 0 Å². The van der Waals surface area contributed by atoms with Gasteiger partial charge in [0.15, 0.2) is 0 Å². The number of benzene rings is 3. The molecule has 0 fully saturated rings. The van der Waals surface area contributed by atoms with Crippen LogP contribution in [0.1, 0.15) is 99.6 Å². The van der Waals surface area contributed by atoms with Gasteiger partial charge in [-0.15, -0.1) is 4.99 Å². The zero-order valence-corrected chi connectivity index (χ0v) is 33.9. The second kappa shape index (κ2) is 20.8. The first-order valence-electron chi connectivity index (χ1n) is 18.2. The van der Waals surface area contributed by atoms with Crippen LogP contribution in [-0.2, 0) is 36.8 Å². The number of hydrogen-bond donors (Lipinski definition) is 3. The Kier molecular flexibility index (Phi) is 16.6. The number of nitrogens with one attached hydrogen (secondary N) is 2. The zero-order valence-electron chi connectivity index (χ0n) is 33.1. The molecular formula is C41H49ClN4O11. The molecule has 0 aliphatic carbocycles. The number of esters is 2. The molecule has 0 unspecified atom stereocenters. The number of rotatable bonds is 14. The second-order valence-corrected chi connectivity index (χ2v) is 15.2. The van der Waals surface area contributed by atoms with Gasteiger partial charge in [0.2, 0.25) is 11.9 Å². The Bertz CT molecular complexity index is 1950. The summed E-state index contributed by atoms with van der Waals surface area (Å²) in [6.45, 7) is 11.7. The van der Waals surface area contributed by atoms with Gasteiger partial charge in [0.05, 0.1) is 17.7 Å². The number of hydrogen-bond acceptors (Lipinski definition) is 10. The molecule has 0 saturated heterocycles. The molecule has 3 amide bonds. The number of ether oxygens (including phenoxy) is 4. The number of aliphatic carboxylic acids is 1. The SMILES string of the molecule is CCCCOC(=O)c1cccc(CN(CC(=O)O)C(=O)CCc2ccc(OC(=O)c3ccc(N/C(=N/C(=O)OC(C)(C)C)NC(=O)OC(C)(C)C)cc3)cc2Cl)c1. The summed E-state index contributed by atoms with van der Waals surface area (Å²) in [5.41, 5.74) is 0.295. The molecule has 0 aliphatic heterocycles. The number of alkyl carbamates (subject to hydrolysis) is 1. The van der Waals surface area contributed by atoms with Crippen LogP contribution in [0.2, 0.25) is 5.02 Å². The first-order valence-corrected chi connectivity index (χ1v) is 18.5. The fourth-order valence-electron chi connectivity index (χ4n) is 4.85. The van der Waals surface area contributed by atoms with Crippen LogP contribution in [0.25, 0.3) is 0 Å². The fraction of sp³-hybridized carbons (Fsp3) is 0.390. The Balaban J connectivity index is 1.63. The van der Waals surface area contributed by atoms with Crippen LogP contribution in [-0.4, -0.2) is 76.3 Å². The van der Waals surface area contributed by atoms with Gasteiger partial charge in [-0.3, -0.25) is 14.9 Å². The van der Waals surface area contributed by atoms with E-state index >= 15 is 0 Å². The third-order valence-corrected chi connectivity index (χ3v) is 7.74. The minimum atomic E-state index is -1.19. The van der Waals surface area contributed by atoms with E-state index < -0.39 is 53.7 Å². The molecule has 57 heavy (non-hydrogen) atoms. The van der Waals surface area contributed by atoms with E-state index in [2.05, 4.69) is 15.6 Å². The highest BCUT2D eigenvalue weighted by Crippen LogP contribution is 2.25. The Hall–Kier alpha value is -5.96. The largest absolute Gasteiger partial charge is 0.480 e. The minimum absolute atomic E-state index is 0.0370. The van der Waals surface area contributed by atoms with Crippen molar-refractivity contribution in [3.05, 3.63) is 94.0 Å². The van der Waals surface area contributed by atoms with E-state index in [1.165, 1.54) is 41.3 Å². The molecule has 15 nitrogen and oxygen atoms in total. The number of halogens is 1.